The minimum Gasteiger partial charge on any atom is -0.465 e. The zero-order chi connectivity index (χ0) is 14.7. The predicted molar refractivity (Wildman–Crippen MR) is 83.7 cm³/mol. The van der Waals surface area contributed by atoms with E-state index in [0.29, 0.717) is 12.0 Å². The molecule has 1 aromatic rings. The number of aryl methyl sites for hydroxylation is 1. The van der Waals surface area contributed by atoms with Crippen molar-refractivity contribution in [3.05, 3.63) is 23.2 Å². The number of nitrogens with zero attached hydrogens (tertiary/aromatic N) is 1. The van der Waals surface area contributed by atoms with Crippen LogP contribution in [-0.2, 0) is 13.1 Å². The summed E-state index contributed by atoms with van der Waals surface area (Å²) in [4.78, 5) is 2.59. The largest absolute Gasteiger partial charge is 0.465 e. The maximum Gasteiger partial charge on any atom is 0.118 e. The zero-order valence-electron chi connectivity index (χ0n) is 13.7. The molecule has 20 heavy (non-hydrogen) atoms. The first kappa shape index (κ1) is 15.6. The quantitative estimate of drug-likeness (QED) is 0.786. The van der Waals surface area contributed by atoms with Crippen LogP contribution in [0.4, 0.5) is 0 Å². The molecule has 0 amide bonds. The Morgan fingerprint density at radius 3 is 2.55 bits per heavy atom. The van der Waals surface area contributed by atoms with Crippen LogP contribution in [0.3, 0.4) is 0 Å². The minimum atomic E-state index is 0.511. The fourth-order valence-corrected chi connectivity index (χ4v) is 2.61. The van der Waals surface area contributed by atoms with Crippen LogP contribution in [0.1, 0.15) is 57.6 Å². The van der Waals surface area contributed by atoms with Gasteiger partial charge < -0.3 is 9.73 Å². The second-order valence-corrected chi connectivity index (χ2v) is 6.88. The predicted octanol–water partition coefficient (Wildman–Crippen LogP) is 3.71. The summed E-state index contributed by atoms with van der Waals surface area (Å²) in [7, 11) is 0. The third-order valence-corrected chi connectivity index (χ3v) is 3.79. The molecule has 0 aromatic carbocycles. The van der Waals surface area contributed by atoms with Crippen molar-refractivity contribution in [2.24, 2.45) is 5.92 Å². The topological polar surface area (TPSA) is 28.4 Å². The molecule has 114 valence electrons. The fourth-order valence-electron chi connectivity index (χ4n) is 2.61. The molecule has 1 heterocycles. The van der Waals surface area contributed by atoms with Crippen LogP contribution in [0.25, 0.3) is 0 Å². The Labute approximate surface area is 123 Å². The lowest BCUT2D eigenvalue weighted by molar-refractivity contribution is 0.208. The van der Waals surface area contributed by atoms with Crippen molar-refractivity contribution in [2.75, 3.05) is 6.54 Å². The molecule has 1 N–H and O–H groups in total. The molecule has 3 nitrogen and oxygen atoms in total. The van der Waals surface area contributed by atoms with E-state index in [1.165, 1.54) is 24.9 Å². The van der Waals surface area contributed by atoms with Gasteiger partial charge in [0.1, 0.15) is 11.5 Å². The van der Waals surface area contributed by atoms with Gasteiger partial charge in [-0.3, -0.25) is 4.90 Å². The lowest BCUT2D eigenvalue weighted by Gasteiger charge is -2.22. The summed E-state index contributed by atoms with van der Waals surface area (Å²) in [5, 5.41) is 3.46. The Morgan fingerprint density at radius 2 is 2.00 bits per heavy atom. The van der Waals surface area contributed by atoms with Crippen molar-refractivity contribution in [1.82, 2.24) is 10.2 Å². The van der Waals surface area contributed by atoms with Crippen LogP contribution in [0, 0.1) is 12.8 Å². The molecule has 0 radical (unpaired) electrons. The SMILES string of the molecule is Cc1oc(CN(CC(C)C)C2CC2)cc1CNC(C)C. The van der Waals surface area contributed by atoms with Crippen molar-refractivity contribution in [2.45, 2.75) is 72.6 Å². The van der Waals surface area contributed by atoms with Gasteiger partial charge in [-0.25, -0.2) is 0 Å². The molecule has 3 heteroatoms. The fraction of sp³-hybridized carbons (Fsp3) is 0.765. The third-order valence-electron chi connectivity index (χ3n) is 3.79. The van der Waals surface area contributed by atoms with Gasteiger partial charge in [0.15, 0.2) is 0 Å². The van der Waals surface area contributed by atoms with E-state index in [1.807, 2.05) is 0 Å². The molecule has 2 rings (SSSR count). The van der Waals surface area contributed by atoms with E-state index in [9.17, 15) is 0 Å². The Morgan fingerprint density at radius 1 is 1.30 bits per heavy atom. The number of hydrogen-bond acceptors (Lipinski definition) is 3. The highest BCUT2D eigenvalue weighted by atomic mass is 16.3. The average molecular weight is 278 g/mol. The highest BCUT2D eigenvalue weighted by Crippen LogP contribution is 2.29. The van der Waals surface area contributed by atoms with Gasteiger partial charge in [0.2, 0.25) is 0 Å². The number of rotatable bonds is 8. The van der Waals surface area contributed by atoms with Gasteiger partial charge in [-0.15, -0.1) is 0 Å². The van der Waals surface area contributed by atoms with Crippen molar-refractivity contribution in [3.8, 4) is 0 Å². The summed E-state index contributed by atoms with van der Waals surface area (Å²) in [6.45, 7) is 14.0. The first-order chi connectivity index (χ1) is 9.45. The summed E-state index contributed by atoms with van der Waals surface area (Å²) in [5.74, 6) is 2.90. The Bertz CT molecular complexity index is 419. The molecular formula is C17H30N2O. The second kappa shape index (κ2) is 6.77. The first-order valence-electron chi connectivity index (χ1n) is 8.01. The van der Waals surface area contributed by atoms with Gasteiger partial charge in [-0.05, 0) is 31.7 Å². The van der Waals surface area contributed by atoms with Crippen molar-refractivity contribution < 1.29 is 4.42 Å². The summed E-state index contributed by atoms with van der Waals surface area (Å²) in [6, 6.07) is 3.54. The number of hydrogen-bond donors (Lipinski definition) is 1. The lowest BCUT2D eigenvalue weighted by atomic mass is 10.2. The normalized spacial score (nSPS) is 15.8. The van der Waals surface area contributed by atoms with E-state index in [2.05, 4.69) is 50.9 Å². The molecule has 1 aromatic heterocycles. The summed E-state index contributed by atoms with van der Waals surface area (Å²) in [6.07, 6.45) is 2.71. The van der Waals surface area contributed by atoms with Gasteiger partial charge in [0.25, 0.3) is 0 Å². The Kier molecular flexibility index (Phi) is 5.28. The average Bonchev–Trinajstić information content (AvgIpc) is 3.11. The first-order valence-corrected chi connectivity index (χ1v) is 8.01. The highest BCUT2D eigenvalue weighted by molar-refractivity contribution is 5.21. The summed E-state index contributed by atoms with van der Waals surface area (Å²) in [5.41, 5.74) is 1.30. The Balaban J connectivity index is 1.95. The van der Waals surface area contributed by atoms with E-state index in [1.54, 1.807) is 0 Å². The van der Waals surface area contributed by atoms with E-state index >= 15 is 0 Å². The molecule has 0 saturated heterocycles. The smallest absolute Gasteiger partial charge is 0.118 e. The summed E-state index contributed by atoms with van der Waals surface area (Å²) < 4.78 is 5.96. The van der Waals surface area contributed by atoms with E-state index in [-0.39, 0.29) is 0 Å². The number of nitrogens with one attached hydrogen (secondary N) is 1. The van der Waals surface area contributed by atoms with Gasteiger partial charge in [-0.2, -0.15) is 0 Å². The molecule has 0 unspecified atom stereocenters. The van der Waals surface area contributed by atoms with Crippen LogP contribution >= 0.6 is 0 Å². The van der Waals surface area contributed by atoms with E-state index in [0.717, 1.165) is 30.7 Å². The second-order valence-electron chi connectivity index (χ2n) is 6.88. The van der Waals surface area contributed by atoms with Crippen molar-refractivity contribution in [3.63, 3.8) is 0 Å². The van der Waals surface area contributed by atoms with Crippen LogP contribution in [-0.4, -0.2) is 23.5 Å². The van der Waals surface area contributed by atoms with Crippen molar-refractivity contribution in [1.29, 1.82) is 0 Å². The number of furan rings is 1. The molecule has 0 aliphatic heterocycles. The maximum atomic E-state index is 5.96. The van der Waals surface area contributed by atoms with Crippen molar-refractivity contribution >= 4 is 0 Å². The molecule has 1 aliphatic rings. The van der Waals surface area contributed by atoms with E-state index < -0.39 is 0 Å². The molecular weight excluding hydrogens is 248 g/mol. The highest BCUT2D eigenvalue weighted by Gasteiger charge is 2.30. The Hall–Kier alpha value is -0.800. The molecule has 1 aliphatic carbocycles. The van der Waals surface area contributed by atoms with Crippen LogP contribution in [0.5, 0.6) is 0 Å². The molecule has 0 spiro atoms. The standard InChI is InChI=1S/C17H30N2O/c1-12(2)10-19(16-6-7-16)11-17-8-15(14(5)20-17)9-18-13(3)4/h8,12-13,16,18H,6-7,9-11H2,1-5H3. The zero-order valence-corrected chi connectivity index (χ0v) is 13.7. The lowest BCUT2D eigenvalue weighted by Crippen LogP contribution is -2.29. The molecule has 0 atom stereocenters. The van der Waals surface area contributed by atoms with Gasteiger partial charge in [-0.1, -0.05) is 27.7 Å². The molecule has 0 bridgehead atoms. The van der Waals surface area contributed by atoms with Crippen LogP contribution in [0.2, 0.25) is 0 Å². The summed E-state index contributed by atoms with van der Waals surface area (Å²) >= 11 is 0. The van der Waals surface area contributed by atoms with Crippen LogP contribution in [0.15, 0.2) is 10.5 Å². The van der Waals surface area contributed by atoms with Gasteiger partial charge in [0, 0.05) is 30.7 Å². The molecule has 1 saturated carbocycles. The van der Waals surface area contributed by atoms with Gasteiger partial charge >= 0.3 is 0 Å². The maximum absolute atomic E-state index is 5.96. The third kappa shape index (κ3) is 4.64. The molecule has 1 fully saturated rings. The minimum absolute atomic E-state index is 0.511. The van der Waals surface area contributed by atoms with Gasteiger partial charge in [0.05, 0.1) is 6.54 Å². The monoisotopic (exact) mass is 278 g/mol. The van der Waals surface area contributed by atoms with E-state index in [4.69, 9.17) is 4.42 Å². The van der Waals surface area contributed by atoms with Crippen LogP contribution < -0.4 is 5.32 Å².